The van der Waals surface area contributed by atoms with Gasteiger partial charge in [-0.05, 0) is 53.8 Å². The lowest BCUT2D eigenvalue weighted by Crippen LogP contribution is -2.14. The number of hydrogen-bond donors (Lipinski definition) is 1. The molecule has 0 atom stereocenters. The van der Waals surface area contributed by atoms with Gasteiger partial charge >= 0.3 is 0 Å². The summed E-state index contributed by atoms with van der Waals surface area (Å²) in [5.74, 6) is 1.56. The molecule has 2 aromatic heterocycles. The number of rotatable bonds is 7. The smallest absolute Gasteiger partial charge is 0.261 e. The number of anilines is 1. The third-order valence-corrected chi connectivity index (χ3v) is 6.72. The van der Waals surface area contributed by atoms with Crippen LogP contribution in [-0.2, 0) is 16.4 Å². The molecule has 154 valence electrons. The van der Waals surface area contributed by atoms with Crippen molar-refractivity contribution in [3.63, 3.8) is 0 Å². The second kappa shape index (κ2) is 8.29. The zero-order valence-electron chi connectivity index (χ0n) is 16.3. The van der Waals surface area contributed by atoms with Gasteiger partial charge in [0.2, 0.25) is 11.7 Å². The van der Waals surface area contributed by atoms with Crippen molar-refractivity contribution >= 4 is 27.0 Å². The molecule has 0 saturated carbocycles. The summed E-state index contributed by atoms with van der Waals surface area (Å²) in [5.41, 5.74) is 1.93. The van der Waals surface area contributed by atoms with E-state index in [-0.39, 0.29) is 4.90 Å². The van der Waals surface area contributed by atoms with Crippen LogP contribution in [0.25, 0.3) is 10.7 Å². The van der Waals surface area contributed by atoms with Crippen LogP contribution in [0, 0.1) is 6.92 Å². The minimum Gasteiger partial charge on any atom is -0.496 e. The van der Waals surface area contributed by atoms with Gasteiger partial charge in [-0.15, -0.1) is 11.3 Å². The highest BCUT2D eigenvalue weighted by Crippen LogP contribution is 2.26. The van der Waals surface area contributed by atoms with E-state index < -0.39 is 10.0 Å². The first-order valence-electron chi connectivity index (χ1n) is 9.08. The summed E-state index contributed by atoms with van der Waals surface area (Å²) in [6.07, 6.45) is 0.304. The van der Waals surface area contributed by atoms with Crippen molar-refractivity contribution in [2.24, 2.45) is 0 Å². The summed E-state index contributed by atoms with van der Waals surface area (Å²) >= 11 is 1.52. The van der Waals surface area contributed by atoms with Gasteiger partial charge in [0.05, 0.1) is 29.0 Å². The number of nitrogens with one attached hydrogen (secondary N) is 1. The van der Waals surface area contributed by atoms with E-state index in [0.29, 0.717) is 29.6 Å². The molecular formula is C21H19N3O4S2. The summed E-state index contributed by atoms with van der Waals surface area (Å²) in [6, 6.07) is 15.7. The number of hydrogen-bond acceptors (Lipinski definition) is 7. The Balaban J connectivity index is 1.58. The zero-order valence-corrected chi connectivity index (χ0v) is 18.0. The van der Waals surface area contributed by atoms with Gasteiger partial charge in [0, 0.05) is 0 Å². The molecule has 0 fully saturated rings. The maximum absolute atomic E-state index is 12.9. The van der Waals surface area contributed by atoms with Gasteiger partial charge in [-0.1, -0.05) is 29.4 Å². The lowest BCUT2D eigenvalue weighted by atomic mass is 10.1. The highest BCUT2D eigenvalue weighted by Gasteiger charge is 2.18. The van der Waals surface area contributed by atoms with Crippen LogP contribution in [0.2, 0.25) is 0 Å². The van der Waals surface area contributed by atoms with Gasteiger partial charge in [0.25, 0.3) is 10.0 Å². The van der Waals surface area contributed by atoms with Crippen molar-refractivity contribution in [3.05, 3.63) is 77.0 Å². The number of para-hydroxylation sites is 1. The molecule has 30 heavy (non-hydrogen) atoms. The molecule has 4 aromatic rings. The number of methoxy groups -OCH3 is 1. The van der Waals surface area contributed by atoms with E-state index in [4.69, 9.17) is 9.26 Å². The summed E-state index contributed by atoms with van der Waals surface area (Å²) in [6.45, 7) is 1.80. The number of ether oxygens (including phenoxy) is 1. The topological polar surface area (TPSA) is 94.3 Å². The maximum Gasteiger partial charge on any atom is 0.261 e. The van der Waals surface area contributed by atoms with Crippen LogP contribution in [0.15, 0.2) is 69.4 Å². The average molecular weight is 442 g/mol. The molecule has 7 nitrogen and oxygen atoms in total. The first-order valence-corrected chi connectivity index (χ1v) is 11.4. The van der Waals surface area contributed by atoms with E-state index in [1.165, 1.54) is 17.4 Å². The fourth-order valence-electron chi connectivity index (χ4n) is 2.99. The first kappa shape index (κ1) is 20.1. The Bertz CT molecular complexity index is 1270. The van der Waals surface area contributed by atoms with Crippen molar-refractivity contribution < 1.29 is 17.7 Å². The molecule has 9 heteroatoms. The third-order valence-electron chi connectivity index (χ3n) is 4.49. The number of sulfonamides is 1. The minimum atomic E-state index is -3.78. The highest BCUT2D eigenvalue weighted by atomic mass is 32.2. The molecule has 0 aliphatic carbocycles. The predicted molar refractivity (Wildman–Crippen MR) is 115 cm³/mol. The van der Waals surface area contributed by atoms with Crippen LogP contribution in [0.1, 0.15) is 17.0 Å². The average Bonchev–Trinajstić information content (AvgIpc) is 3.41. The van der Waals surface area contributed by atoms with E-state index in [9.17, 15) is 8.42 Å². The number of benzene rings is 2. The van der Waals surface area contributed by atoms with Crippen LogP contribution < -0.4 is 9.46 Å². The van der Waals surface area contributed by atoms with Crippen molar-refractivity contribution in [1.82, 2.24) is 10.1 Å². The Morgan fingerprint density at radius 1 is 1.13 bits per heavy atom. The Labute approximate surface area is 178 Å². The van der Waals surface area contributed by atoms with Crippen molar-refractivity contribution in [2.45, 2.75) is 18.2 Å². The largest absolute Gasteiger partial charge is 0.496 e. The molecule has 0 radical (unpaired) electrons. The van der Waals surface area contributed by atoms with E-state index in [0.717, 1.165) is 16.0 Å². The van der Waals surface area contributed by atoms with Crippen molar-refractivity contribution in [3.8, 4) is 16.5 Å². The molecule has 0 saturated heterocycles. The second-order valence-corrected chi connectivity index (χ2v) is 9.19. The van der Waals surface area contributed by atoms with Gasteiger partial charge in [-0.2, -0.15) is 4.98 Å². The van der Waals surface area contributed by atoms with Crippen LogP contribution in [-0.4, -0.2) is 25.7 Å². The number of aromatic nitrogens is 2. The zero-order chi connectivity index (χ0) is 21.1. The van der Waals surface area contributed by atoms with Gasteiger partial charge in [-0.25, -0.2) is 8.42 Å². The van der Waals surface area contributed by atoms with Crippen LogP contribution in [0.4, 0.5) is 5.69 Å². The van der Waals surface area contributed by atoms with Crippen LogP contribution in [0.3, 0.4) is 0 Å². The van der Waals surface area contributed by atoms with E-state index in [1.807, 2.05) is 29.6 Å². The van der Waals surface area contributed by atoms with Gasteiger partial charge < -0.3 is 9.26 Å². The molecule has 0 spiro atoms. The monoisotopic (exact) mass is 441 g/mol. The normalized spacial score (nSPS) is 11.4. The number of nitrogens with zero attached hydrogens (tertiary/aromatic N) is 2. The Kier molecular flexibility index (Phi) is 5.56. The summed E-state index contributed by atoms with van der Waals surface area (Å²) in [5, 5.41) is 5.95. The molecule has 1 N–H and O–H groups in total. The van der Waals surface area contributed by atoms with E-state index in [2.05, 4.69) is 14.9 Å². The van der Waals surface area contributed by atoms with Gasteiger partial charge in [0.15, 0.2) is 0 Å². The molecule has 0 unspecified atom stereocenters. The molecule has 4 rings (SSSR count). The standard InChI is InChI=1S/C21H19N3O4S2/c1-14-12-16(9-10-18(14)27-2)30(25,26)24-17-7-4-3-6-15(17)13-20-22-21(23-28-20)19-8-5-11-29-19/h3-12,24H,13H2,1-2H3. The van der Waals surface area contributed by atoms with E-state index >= 15 is 0 Å². The van der Waals surface area contributed by atoms with Crippen molar-refractivity contribution in [1.29, 1.82) is 0 Å². The third kappa shape index (κ3) is 4.22. The second-order valence-electron chi connectivity index (χ2n) is 6.56. The fourth-order valence-corrected chi connectivity index (χ4v) is 4.83. The van der Waals surface area contributed by atoms with Gasteiger partial charge in [0.1, 0.15) is 5.75 Å². The summed E-state index contributed by atoms with van der Waals surface area (Å²) in [4.78, 5) is 5.49. The van der Waals surface area contributed by atoms with Crippen LogP contribution >= 0.6 is 11.3 Å². The SMILES string of the molecule is COc1ccc(S(=O)(=O)Nc2ccccc2Cc2nc(-c3cccs3)no2)cc1C. The fraction of sp³-hybridized carbons (Fsp3) is 0.143. The predicted octanol–water partition coefficient (Wildman–Crippen LogP) is 4.51. The minimum absolute atomic E-state index is 0.161. The van der Waals surface area contributed by atoms with Crippen molar-refractivity contribution in [2.75, 3.05) is 11.8 Å². The molecule has 0 bridgehead atoms. The number of thiophene rings is 1. The summed E-state index contributed by atoms with van der Waals surface area (Å²) in [7, 11) is -2.23. The van der Waals surface area contributed by atoms with Gasteiger partial charge in [-0.3, -0.25) is 4.72 Å². The molecule has 0 amide bonds. The Morgan fingerprint density at radius 2 is 1.97 bits per heavy atom. The lowest BCUT2D eigenvalue weighted by Gasteiger charge is -2.13. The Morgan fingerprint density at radius 3 is 2.70 bits per heavy atom. The number of aryl methyl sites for hydroxylation is 1. The molecule has 2 heterocycles. The molecule has 0 aliphatic rings. The summed E-state index contributed by atoms with van der Waals surface area (Å²) < 4.78 is 39.1. The maximum atomic E-state index is 12.9. The first-order chi connectivity index (χ1) is 14.5. The Hall–Kier alpha value is -3.17. The quantitative estimate of drug-likeness (QED) is 0.454. The van der Waals surface area contributed by atoms with Crippen LogP contribution in [0.5, 0.6) is 5.75 Å². The molecule has 2 aromatic carbocycles. The lowest BCUT2D eigenvalue weighted by molar-refractivity contribution is 0.386. The molecule has 0 aliphatic heterocycles. The highest BCUT2D eigenvalue weighted by molar-refractivity contribution is 7.92. The molecular weight excluding hydrogens is 422 g/mol. The van der Waals surface area contributed by atoms with E-state index in [1.54, 1.807) is 38.3 Å².